The number of anilines is 5. The Morgan fingerprint density at radius 2 is 1.60 bits per heavy atom. The minimum Gasteiger partial charge on any atom is -0.493 e. The van der Waals surface area contributed by atoms with Gasteiger partial charge < -0.3 is 29.7 Å². The fraction of sp³-hybridized carbons (Fsp3) is 0.320. The van der Waals surface area contributed by atoms with Crippen LogP contribution in [-0.4, -0.2) is 54.9 Å². The largest absolute Gasteiger partial charge is 0.493 e. The molecule has 0 amide bonds. The van der Waals surface area contributed by atoms with E-state index in [0.717, 1.165) is 17.0 Å². The second kappa shape index (κ2) is 9.96. The highest BCUT2D eigenvalue weighted by molar-refractivity contribution is 5.88. The van der Waals surface area contributed by atoms with Crippen molar-refractivity contribution in [1.29, 1.82) is 0 Å². The highest BCUT2D eigenvalue weighted by Gasteiger charge is 2.20. The van der Waals surface area contributed by atoms with Gasteiger partial charge in [0.2, 0.25) is 11.7 Å². The van der Waals surface area contributed by atoms with Gasteiger partial charge in [0.25, 0.3) is 0 Å². The Bertz CT molecular complexity index is 1310. The molecule has 0 aliphatic rings. The highest BCUT2D eigenvalue weighted by atomic mass is 16.5. The Kier molecular flexibility index (Phi) is 6.81. The molecule has 2 aromatic carbocycles. The Hall–Kier alpha value is -4.21. The number of aromatic nitrogens is 4. The van der Waals surface area contributed by atoms with Gasteiger partial charge in [-0.15, -0.1) is 0 Å². The lowest BCUT2D eigenvalue weighted by Gasteiger charge is -2.16. The van der Waals surface area contributed by atoms with Gasteiger partial charge in [0.1, 0.15) is 6.33 Å². The molecule has 10 heteroatoms. The monoisotopic (exact) mass is 477 g/mol. The summed E-state index contributed by atoms with van der Waals surface area (Å²) in [6.45, 7) is 4.19. The third-order valence-corrected chi connectivity index (χ3v) is 5.54. The molecule has 0 fully saturated rings. The first-order valence-corrected chi connectivity index (χ1v) is 11.2. The summed E-state index contributed by atoms with van der Waals surface area (Å²) < 4.78 is 18.4. The first kappa shape index (κ1) is 23.9. The number of imidazole rings is 1. The third kappa shape index (κ3) is 4.72. The van der Waals surface area contributed by atoms with Crippen LogP contribution in [0.2, 0.25) is 0 Å². The average molecular weight is 478 g/mol. The number of hydrogen-bond donors (Lipinski definition) is 2. The van der Waals surface area contributed by atoms with Crippen molar-refractivity contribution in [3.63, 3.8) is 0 Å². The maximum atomic E-state index is 5.48. The van der Waals surface area contributed by atoms with Gasteiger partial charge in [0, 0.05) is 49.3 Å². The van der Waals surface area contributed by atoms with Gasteiger partial charge in [-0.1, -0.05) is 6.07 Å². The lowest BCUT2D eigenvalue weighted by molar-refractivity contribution is 0.324. The van der Waals surface area contributed by atoms with E-state index < -0.39 is 0 Å². The van der Waals surface area contributed by atoms with Crippen LogP contribution in [0.15, 0.2) is 42.7 Å². The summed E-state index contributed by atoms with van der Waals surface area (Å²) >= 11 is 0. The fourth-order valence-electron chi connectivity index (χ4n) is 3.86. The normalized spacial score (nSPS) is 11.0. The van der Waals surface area contributed by atoms with E-state index in [9.17, 15) is 0 Å². The Balaban J connectivity index is 1.77. The molecular formula is C25H31N7O3. The van der Waals surface area contributed by atoms with Crippen LogP contribution in [0.1, 0.15) is 19.9 Å². The van der Waals surface area contributed by atoms with Gasteiger partial charge >= 0.3 is 0 Å². The number of methoxy groups -OCH3 is 3. The molecule has 2 heterocycles. The molecule has 4 rings (SSSR count). The lowest BCUT2D eigenvalue weighted by atomic mass is 10.2. The van der Waals surface area contributed by atoms with Crippen LogP contribution in [-0.2, 0) is 0 Å². The summed E-state index contributed by atoms with van der Waals surface area (Å²) in [5, 5.41) is 6.79. The summed E-state index contributed by atoms with van der Waals surface area (Å²) in [5.74, 6) is 2.84. The third-order valence-electron chi connectivity index (χ3n) is 5.54. The van der Waals surface area contributed by atoms with Crippen molar-refractivity contribution in [3.05, 3.63) is 42.7 Å². The summed E-state index contributed by atoms with van der Waals surface area (Å²) in [6.07, 6.45) is 1.53. The predicted molar refractivity (Wildman–Crippen MR) is 139 cm³/mol. The Morgan fingerprint density at radius 1 is 0.886 bits per heavy atom. The van der Waals surface area contributed by atoms with E-state index in [1.54, 1.807) is 21.3 Å². The molecule has 0 spiro atoms. The van der Waals surface area contributed by atoms with Crippen LogP contribution in [0.25, 0.3) is 11.2 Å². The molecule has 0 saturated carbocycles. The Morgan fingerprint density at radius 3 is 2.20 bits per heavy atom. The number of nitrogens with one attached hydrogen (secondary N) is 2. The quantitative estimate of drug-likeness (QED) is 0.345. The zero-order chi connectivity index (χ0) is 25.1. The van der Waals surface area contributed by atoms with Crippen LogP contribution in [0.5, 0.6) is 17.2 Å². The van der Waals surface area contributed by atoms with Gasteiger partial charge in [-0.05, 0) is 32.0 Å². The molecule has 10 nitrogen and oxygen atoms in total. The molecule has 0 radical (unpaired) electrons. The summed E-state index contributed by atoms with van der Waals surface area (Å²) in [4.78, 5) is 15.9. The van der Waals surface area contributed by atoms with E-state index >= 15 is 0 Å². The minimum atomic E-state index is 0.114. The molecule has 2 aromatic heterocycles. The first-order chi connectivity index (χ1) is 16.9. The molecule has 0 saturated heterocycles. The van der Waals surface area contributed by atoms with E-state index in [0.29, 0.717) is 40.2 Å². The highest BCUT2D eigenvalue weighted by Crippen LogP contribution is 2.41. The zero-order valence-electron chi connectivity index (χ0n) is 21.1. The van der Waals surface area contributed by atoms with Gasteiger partial charge in [0.05, 0.1) is 21.3 Å². The second-order valence-corrected chi connectivity index (χ2v) is 8.40. The van der Waals surface area contributed by atoms with E-state index in [-0.39, 0.29) is 6.04 Å². The Labute approximate surface area is 204 Å². The van der Waals surface area contributed by atoms with E-state index in [2.05, 4.69) is 56.0 Å². The summed E-state index contributed by atoms with van der Waals surface area (Å²) in [5.41, 5.74) is 4.09. The van der Waals surface area contributed by atoms with Crippen LogP contribution in [0.4, 0.5) is 28.8 Å². The zero-order valence-corrected chi connectivity index (χ0v) is 21.1. The standard InChI is InChI=1S/C25H31N7O3/c1-15(2)32-24-21(30-25(32)29-16-9-8-10-18(11-16)31(3)4)23(26-14-27-24)28-17-12-19(33-5)22(35-7)20(13-17)34-6/h8-15H,1-7H3,(H,29,30)(H,26,27,28). The average Bonchev–Trinajstić information content (AvgIpc) is 3.22. The van der Waals surface area contributed by atoms with Gasteiger partial charge in [0.15, 0.2) is 28.5 Å². The number of ether oxygens (including phenoxy) is 3. The molecule has 0 bridgehead atoms. The van der Waals surface area contributed by atoms with E-state index in [1.807, 2.05) is 38.4 Å². The molecular weight excluding hydrogens is 446 g/mol. The molecule has 0 aliphatic heterocycles. The number of rotatable bonds is 9. The van der Waals surface area contributed by atoms with Crippen molar-refractivity contribution in [1.82, 2.24) is 19.5 Å². The topological polar surface area (TPSA) is 98.6 Å². The van der Waals surface area contributed by atoms with Crippen molar-refractivity contribution < 1.29 is 14.2 Å². The molecule has 4 aromatic rings. The maximum Gasteiger partial charge on any atom is 0.210 e. The summed E-state index contributed by atoms with van der Waals surface area (Å²) in [6, 6.07) is 11.9. The molecule has 0 aliphatic carbocycles. The lowest BCUT2D eigenvalue weighted by Crippen LogP contribution is -2.09. The van der Waals surface area contributed by atoms with E-state index in [4.69, 9.17) is 19.2 Å². The number of benzene rings is 2. The maximum absolute atomic E-state index is 5.48. The number of hydrogen-bond acceptors (Lipinski definition) is 9. The molecule has 0 unspecified atom stereocenters. The van der Waals surface area contributed by atoms with Crippen LogP contribution < -0.4 is 29.7 Å². The van der Waals surface area contributed by atoms with Gasteiger partial charge in [-0.2, -0.15) is 0 Å². The molecule has 0 atom stereocenters. The summed E-state index contributed by atoms with van der Waals surface area (Å²) in [7, 11) is 8.76. The second-order valence-electron chi connectivity index (χ2n) is 8.40. The SMILES string of the molecule is COc1cc(Nc2ncnc3c2nc(Nc2cccc(N(C)C)c2)n3C(C)C)cc(OC)c1OC. The molecule has 35 heavy (non-hydrogen) atoms. The van der Waals surface area contributed by atoms with Crippen LogP contribution in [0, 0.1) is 0 Å². The fourth-order valence-corrected chi connectivity index (χ4v) is 3.86. The van der Waals surface area contributed by atoms with Crippen molar-refractivity contribution in [2.45, 2.75) is 19.9 Å². The van der Waals surface area contributed by atoms with Crippen LogP contribution >= 0.6 is 0 Å². The van der Waals surface area contributed by atoms with Crippen molar-refractivity contribution in [2.24, 2.45) is 0 Å². The van der Waals surface area contributed by atoms with Crippen molar-refractivity contribution in [2.75, 3.05) is 51.0 Å². The number of fused-ring (bicyclic) bond motifs is 1. The predicted octanol–water partition coefficient (Wildman–Crippen LogP) is 4.99. The van der Waals surface area contributed by atoms with Crippen LogP contribution in [0.3, 0.4) is 0 Å². The van der Waals surface area contributed by atoms with Gasteiger partial charge in [-0.3, -0.25) is 4.57 Å². The van der Waals surface area contributed by atoms with E-state index in [1.165, 1.54) is 6.33 Å². The smallest absolute Gasteiger partial charge is 0.210 e. The number of nitrogens with zero attached hydrogens (tertiary/aromatic N) is 5. The van der Waals surface area contributed by atoms with Crippen molar-refractivity contribution in [3.8, 4) is 17.2 Å². The van der Waals surface area contributed by atoms with Gasteiger partial charge in [-0.25, -0.2) is 15.0 Å². The minimum absolute atomic E-state index is 0.114. The first-order valence-electron chi connectivity index (χ1n) is 11.2. The molecule has 184 valence electrons. The molecule has 2 N–H and O–H groups in total. The van der Waals surface area contributed by atoms with Crippen molar-refractivity contribution >= 4 is 40.0 Å².